The van der Waals surface area contributed by atoms with Gasteiger partial charge in [0.2, 0.25) is 0 Å². The fourth-order valence-corrected chi connectivity index (χ4v) is 4.97. The minimum absolute atomic E-state index is 0.0757. The highest BCUT2D eigenvalue weighted by Crippen LogP contribution is 2.44. The largest absolute Gasteiger partial charge is 0.467 e. The van der Waals surface area contributed by atoms with Crippen LogP contribution in [0.5, 0.6) is 0 Å². The summed E-state index contributed by atoms with van der Waals surface area (Å²) < 4.78 is 21.6. The number of furan rings is 2. The Hall–Kier alpha value is -4.66. The van der Waals surface area contributed by atoms with Gasteiger partial charge in [-0.15, -0.1) is 0 Å². The maximum Gasteiger partial charge on any atom is 0.351 e. The van der Waals surface area contributed by atoms with Crippen molar-refractivity contribution < 1.29 is 27.6 Å². The van der Waals surface area contributed by atoms with Crippen molar-refractivity contribution in [3.63, 3.8) is 0 Å². The lowest BCUT2D eigenvalue weighted by atomic mass is 9.79. The maximum atomic E-state index is 13.3. The van der Waals surface area contributed by atoms with Gasteiger partial charge in [-0.2, -0.15) is 5.10 Å². The molecule has 0 saturated heterocycles. The minimum atomic E-state index is -0.940. The number of rotatable bonds is 5. The Morgan fingerprint density at radius 2 is 1.92 bits per heavy atom. The average molecular weight is 498 g/mol. The summed E-state index contributed by atoms with van der Waals surface area (Å²) >= 11 is 0. The topological polar surface area (TPSA) is 115 Å². The summed E-state index contributed by atoms with van der Waals surface area (Å²) in [5, 5.41) is 6.58. The molecule has 9 heteroatoms. The third kappa shape index (κ3) is 4.29. The number of hydrogen-bond donors (Lipinski definition) is 0. The number of amides is 1. The van der Waals surface area contributed by atoms with Crippen LogP contribution in [0.1, 0.15) is 47.2 Å². The first-order valence-corrected chi connectivity index (χ1v) is 12.0. The highest BCUT2D eigenvalue weighted by atomic mass is 16.5. The number of nitrogens with zero attached hydrogens (tertiary/aromatic N) is 2. The standard InChI is InChI=1S/C28H22N2O7/c31-24(16-36-27(32)21-15-17-6-1-2-10-22(17)37-28(21)33)30-26(23-11-5-13-35-23)20-9-3-7-18(25(20)29-30)14-19-8-4-12-34-19/h1-2,4-6,8,10-15,20,26H,3,7,9,16H2/b18-14+. The maximum absolute atomic E-state index is 13.3. The van der Waals surface area contributed by atoms with Crippen molar-refractivity contribution in [3.8, 4) is 0 Å². The molecule has 0 N–H and O–H groups in total. The molecule has 4 heterocycles. The summed E-state index contributed by atoms with van der Waals surface area (Å²) in [7, 11) is 0. The van der Waals surface area contributed by atoms with E-state index < -0.39 is 30.2 Å². The first-order chi connectivity index (χ1) is 18.1. The molecule has 1 aliphatic carbocycles. The molecule has 0 spiro atoms. The lowest BCUT2D eigenvalue weighted by molar-refractivity contribution is -0.137. The predicted octanol–water partition coefficient (Wildman–Crippen LogP) is 4.96. The van der Waals surface area contributed by atoms with Crippen LogP contribution in [0.2, 0.25) is 0 Å². The monoisotopic (exact) mass is 498 g/mol. The molecule has 6 rings (SSSR count). The van der Waals surface area contributed by atoms with Gasteiger partial charge in [-0.3, -0.25) is 4.79 Å². The van der Waals surface area contributed by atoms with Crippen molar-refractivity contribution >= 4 is 34.6 Å². The van der Waals surface area contributed by atoms with Crippen LogP contribution < -0.4 is 5.63 Å². The van der Waals surface area contributed by atoms with E-state index in [1.165, 1.54) is 11.1 Å². The molecular weight excluding hydrogens is 476 g/mol. The smallest absolute Gasteiger partial charge is 0.351 e. The molecule has 1 aliphatic heterocycles. The number of hydrogen-bond acceptors (Lipinski definition) is 8. The van der Waals surface area contributed by atoms with E-state index in [0.29, 0.717) is 22.5 Å². The van der Waals surface area contributed by atoms with E-state index >= 15 is 0 Å². The van der Waals surface area contributed by atoms with Crippen LogP contribution in [0.25, 0.3) is 17.0 Å². The zero-order valence-corrected chi connectivity index (χ0v) is 19.7. The van der Waals surface area contributed by atoms with Gasteiger partial charge in [-0.25, -0.2) is 14.6 Å². The molecular formula is C28H22N2O7. The van der Waals surface area contributed by atoms with Gasteiger partial charge in [-0.05, 0) is 67.3 Å². The van der Waals surface area contributed by atoms with E-state index in [1.807, 2.05) is 18.2 Å². The van der Waals surface area contributed by atoms with Crippen LogP contribution in [-0.4, -0.2) is 29.2 Å². The number of allylic oxidation sites excluding steroid dienone is 1. The summed E-state index contributed by atoms with van der Waals surface area (Å²) in [6.07, 6.45) is 7.64. The number of benzene rings is 1. The molecule has 2 aliphatic rings. The van der Waals surface area contributed by atoms with E-state index in [9.17, 15) is 14.4 Å². The number of para-hydroxylation sites is 1. The third-order valence-electron chi connectivity index (χ3n) is 6.64. The lowest BCUT2D eigenvalue weighted by Crippen LogP contribution is -2.34. The molecule has 1 amide bonds. The molecule has 37 heavy (non-hydrogen) atoms. The molecule has 9 nitrogen and oxygen atoms in total. The molecule has 3 aromatic heterocycles. The molecule has 186 valence electrons. The van der Waals surface area contributed by atoms with Gasteiger partial charge in [-0.1, -0.05) is 18.2 Å². The minimum Gasteiger partial charge on any atom is -0.467 e. The van der Waals surface area contributed by atoms with Crippen molar-refractivity contribution in [2.24, 2.45) is 11.0 Å². The first-order valence-electron chi connectivity index (χ1n) is 12.0. The Morgan fingerprint density at radius 3 is 2.73 bits per heavy atom. The molecule has 1 fully saturated rings. The second-order valence-corrected chi connectivity index (χ2v) is 8.93. The van der Waals surface area contributed by atoms with E-state index in [0.717, 1.165) is 30.5 Å². The van der Waals surface area contributed by atoms with Crippen molar-refractivity contribution in [3.05, 3.63) is 100 Å². The second kappa shape index (κ2) is 9.42. The van der Waals surface area contributed by atoms with Crippen LogP contribution in [-0.2, 0) is 9.53 Å². The SMILES string of the molecule is O=C(OCC(=O)N1N=C2/C(=C/c3ccco3)CCCC2C1c1ccco1)c1cc2ccccc2oc1=O. The molecule has 0 bridgehead atoms. The van der Waals surface area contributed by atoms with Crippen LogP contribution >= 0.6 is 0 Å². The van der Waals surface area contributed by atoms with Gasteiger partial charge in [0.25, 0.3) is 5.91 Å². The number of ether oxygens (including phenoxy) is 1. The van der Waals surface area contributed by atoms with Crippen LogP contribution in [0.3, 0.4) is 0 Å². The van der Waals surface area contributed by atoms with E-state index in [2.05, 4.69) is 5.10 Å². The molecule has 2 atom stereocenters. The van der Waals surface area contributed by atoms with Crippen LogP contribution in [0, 0.1) is 5.92 Å². The Kier molecular flexibility index (Phi) is 5.80. The van der Waals surface area contributed by atoms with Gasteiger partial charge in [0.1, 0.15) is 28.7 Å². The lowest BCUT2D eigenvalue weighted by Gasteiger charge is -2.27. The van der Waals surface area contributed by atoms with Crippen molar-refractivity contribution in [2.75, 3.05) is 6.61 Å². The zero-order chi connectivity index (χ0) is 25.4. The number of hydrazone groups is 1. The van der Waals surface area contributed by atoms with Gasteiger partial charge in [0.05, 0.1) is 18.2 Å². The fraction of sp³-hybridized carbons (Fsp3) is 0.214. The van der Waals surface area contributed by atoms with Gasteiger partial charge >= 0.3 is 11.6 Å². The summed E-state index contributed by atoms with van der Waals surface area (Å²) in [5.41, 5.74) is 1.03. The molecule has 1 aromatic carbocycles. The number of carbonyl (C=O) groups excluding carboxylic acids is 2. The number of carbonyl (C=O) groups is 2. The van der Waals surface area contributed by atoms with E-state index in [4.69, 9.17) is 18.0 Å². The van der Waals surface area contributed by atoms with Gasteiger partial charge in [0, 0.05) is 11.3 Å². The molecule has 1 saturated carbocycles. The van der Waals surface area contributed by atoms with Crippen molar-refractivity contribution in [2.45, 2.75) is 25.3 Å². The van der Waals surface area contributed by atoms with E-state index in [-0.39, 0.29) is 11.5 Å². The number of esters is 1. The zero-order valence-electron chi connectivity index (χ0n) is 19.7. The van der Waals surface area contributed by atoms with Crippen molar-refractivity contribution in [1.29, 1.82) is 0 Å². The normalized spacial score (nSPS) is 20.2. The Bertz CT molecular complexity index is 1580. The molecule has 0 radical (unpaired) electrons. The summed E-state index contributed by atoms with van der Waals surface area (Å²) in [4.78, 5) is 38.3. The molecule has 4 aromatic rings. The Balaban J connectivity index is 1.26. The second-order valence-electron chi connectivity index (χ2n) is 8.93. The highest BCUT2D eigenvalue weighted by molar-refractivity contribution is 6.08. The van der Waals surface area contributed by atoms with Gasteiger partial charge < -0.3 is 18.0 Å². The fourth-order valence-electron chi connectivity index (χ4n) is 4.97. The van der Waals surface area contributed by atoms with Crippen LogP contribution in [0.4, 0.5) is 0 Å². The summed E-state index contributed by atoms with van der Waals surface area (Å²) in [5.74, 6) is -0.240. The Labute approximate surface area is 210 Å². The molecule has 2 unspecified atom stereocenters. The number of fused-ring (bicyclic) bond motifs is 2. The highest BCUT2D eigenvalue weighted by Gasteiger charge is 2.45. The van der Waals surface area contributed by atoms with E-state index in [1.54, 1.807) is 48.9 Å². The van der Waals surface area contributed by atoms with Crippen LogP contribution in [0.15, 0.2) is 95.8 Å². The Morgan fingerprint density at radius 1 is 1.08 bits per heavy atom. The summed E-state index contributed by atoms with van der Waals surface area (Å²) in [6.45, 7) is -0.594. The first kappa shape index (κ1) is 22.8. The summed E-state index contributed by atoms with van der Waals surface area (Å²) in [6, 6.07) is 15.0. The van der Waals surface area contributed by atoms with Gasteiger partial charge in [0.15, 0.2) is 6.61 Å². The third-order valence-corrected chi connectivity index (χ3v) is 6.64. The van der Waals surface area contributed by atoms with Crippen molar-refractivity contribution in [1.82, 2.24) is 5.01 Å². The predicted molar refractivity (Wildman–Crippen MR) is 133 cm³/mol. The quantitative estimate of drug-likeness (QED) is 0.282. The average Bonchev–Trinajstić information content (AvgIpc) is 3.68.